The predicted molar refractivity (Wildman–Crippen MR) is 223 cm³/mol. The number of carboxylic acid groups (broad SMARTS) is 3. The van der Waals surface area contributed by atoms with Crippen LogP contribution in [0.4, 0.5) is 0 Å². The molecule has 0 heterocycles. The molecule has 29 heteroatoms. The monoisotopic (exact) mass is 964 g/mol. The fourth-order valence-electron chi connectivity index (χ4n) is 5.42. The number of aromatic hydroxyl groups is 1. The molecule has 0 aliphatic carbocycles. The minimum Gasteiger partial charge on any atom is -0.508 e. The lowest BCUT2D eigenvalue weighted by atomic mass is 10.0. The number of hydrogen-bond donors (Lipinski definition) is 14. The molecule has 65 heavy (non-hydrogen) atoms. The lowest BCUT2D eigenvalue weighted by Crippen LogP contribution is -2.61. The van der Waals surface area contributed by atoms with E-state index in [4.69, 9.17) is 10.8 Å². The van der Waals surface area contributed by atoms with E-state index in [0.717, 1.165) is 18.7 Å². The largest absolute Gasteiger partial charge is 0.508 e. The molecule has 0 fully saturated rings. The Morgan fingerprint density at radius 3 is 1.75 bits per heavy atom. The number of amides is 7. The Morgan fingerprint density at radius 2 is 1.23 bits per heavy atom. The van der Waals surface area contributed by atoms with Crippen molar-refractivity contribution in [1.29, 1.82) is 0 Å². The van der Waals surface area contributed by atoms with Crippen molar-refractivity contribution in [3.8, 4) is 5.75 Å². The number of hydrogen-bond acceptors (Lipinski definition) is 16. The van der Waals surface area contributed by atoms with Gasteiger partial charge in [0.2, 0.25) is 41.4 Å². The molecule has 7 amide bonds. The number of carbonyl (C=O) groups is 11. The van der Waals surface area contributed by atoms with E-state index in [1.54, 1.807) is 6.26 Å². The maximum absolute atomic E-state index is 13.8. The number of thioether (sulfide) groups is 1. The van der Waals surface area contributed by atoms with E-state index in [0.29, 0.717) is 11.8 Å². The Hall–Kier alpha value is -6.19. The molecule has 1 rings (SSSR count). The van der Waals surface area contributed by atoms with Gasteiger partial charge >= 0.3 is 25.7 Å². The molecule has 1 aromatic rings. The van der Waals surface area contributed by atoms with Gasteiger partial charge in [-0.3, -0.25) is 52.5 Å². The van der Waals surface area contributed by atoms with Gasteiger partial charge in [-0.2, -0.15) is 11.8 Å². The molecular formula is C36H53N8O19PS. The summed E-state index contributed by atoms with van der Waals surface area (Å²) in [7, 11) is -5.38. The summed E-state index contributed by atoms with van der Waals surface area (Å²) in [6, 6.07) is -6.00. The summed E-state index contributed by atoms with van der Waals surface area (Å²) in [4.78, 5) is 157. The van der Waals surface area contributed by atoms with Gasteiger partial charge in [-0.1, -0.05) is 12.1 Å². The second kappa shape index (κ2) is 27.9. The zero-order chi connectivity index (χ0) is 49.6. The summed E-state index contributed by atoms with van der Waals surface area (Å²) < 4.78 is 16.4. The number of aldehydes is 1. The lowest BCUT2D eigenvalue weighted by Gasteiger charge is -2.28. The number of carboxylic acids is 3. The van der Waals surface area contributed by atoms with Crippen LogP contribution in [0, 0.1) is 0 Å². The number of phosphoric acid groups is 1. The molecule has 0 spiro atoms. The van der Waals surface area contributed by atoms with E-state index in [-0.39, 0.29) is 24.3 Å². The smallest absolute Gasteiger partial charge is 0.469 e. The average molecular weight is 965 g/mol. The highest BCUT2D eigenvalue weighted by Crippen LogP contribution is 2.38. The Balaban J connectivity index is 3.38. The maximum atomic E-state index is 13.8. The molecule has 15 N–H and O–H groups in total. The van der Waals surface area contributed by atoms with Crippen LogP contribution in [-0.2, 0) is 68.2 Å². The fourth-order valence-corrected chi connectivity index (χ4v) is 6.44. The van der Waals surface area contributed by atoms with E-state index >= 15 is 0 Å². The van der Waals surface area contributed by atoms with E-state index in [1.165, 1.54) is 31.2 Å². The minimum atomic E-state index is -5.38. The van der Waals surface area contributed by atoms with Gasteiger partial charge in [0.05, 0.1) is 37.6 Å². The molecule has 0 saturated carbocycles. The minimum absolute atomic E-state index is 0.0906. The molecule has 0 bridgehead atoms. The standard InChI is InChI=1S/C36H53N8O19PS/c1-17(16-45)39-34(57)24(12-19-4-6-20(46)7-5-19)40-26(47)15-38-36(59)30(18(2)63-64(60,61)62)44-33(56)23(10-11-65-3)42-32(55)22(8-9-27(48)49)41-35(58)25(14-29(52)53)43-31(54)21(37)13-28(50)51/h4-7,16-18,21-25,30,46H,8-15,37H2,1-3H3,(H,38,59)(H,39,57)(H,40,47)(H,41,58)(H,42,55)(H,43,54)(H,44,56)(H,48,49)(H,50,51)(H,52,53)(H2,60,61,62)/t17-,18+,21-,22-,23-,24-,25-,30-/m0/s1. The number of nitrogens with one attached hydrogen (secondary N) is 7. The van der Waals surface area contributed by atoms with Gasteiger partial charge in [0, 0.05) is 12.8 Å². The number of rotatable bonds is 30. The first-order valence-corrected chi connectivity index (χ1v) is 22.1. The van der Waals surface area contributed by atoms with Gasteiger partial charge in [-0.25, -0.2) is 4.57 Å². The first-order chi connectivity index (χ1) is 30.3. The Labute approximate surface area is 374 Å². The van der Waals surface area contributed by atoms with E-state index in [9.17, 15) is 82.4 Å². The molecular weight excluding hydrogens is 911 g/mol. The second-order valence-electron chi connectivity index (χ2n) is 14.1. The third kappa shape index (κ3) is 22.8. The van der Waals surface area contributed by atoms with Crippen molar-refractivity contribution >= 4 is 85.1 Å². The van der Waals surface area contributed by atoms with Gasteiger partial charge in [0.15, 0.2) is 0 Å². The van der Waals surface area contributed by atoms with Crippen LogP contribution in [0.3, 0.4) is 0 Å². The summed E-state index contributed by atoms with van der Waals surface area (Å²) in [6.45, 7) is 1.41. The highest BCUT2D eigenvalue weighted by atomic mass is 32.2. The summed E-state index contributed by atoms with van der Waals surface area (Å²) in [5.41, 5.74) is 5.96. The number of phenolic OH excluding ortho intramolecular Hbond substituents is 1. The topological polar surface area (TPSA) is 446 Å². The zero-order valence-corrected chi connectivity index (χ0v) is 36.8. The van der Waals surface area contributed by atoms with Crippen molar-refractivity contribution in [2.24, 2.45) is 5.73 Å². The van der Waals surface area contributed by atoms with Crippen molar-refractivity contribution in [3.63, 3.8) is 0 Å². The van der Waals surface area contributed by atoms with Crippen molar-refractivity contribution in [2.75, 3.05) is 18.6 Å². The summed E-state index contributed by atoms with van der Waals surface area (Å²) >= 11 is 1.16. The van der Waals surface area contributed by atoms with Gasteiger partial charge in [0.1, 0.15) is 42.2 Å². The average Bonchev–Trinajstić information content (AvgIpc) is 3.20. The molecule has 0 radical (unpaired) electrons. The first kappa shape index (κ1) is 56.8. The predicted octanol–water partition coefficient (Wildman–Crippen LogP) is -4.43. The van der Waals surface area contributed by atoms with Crippen molar-refractivity contribution in [2.45, 2.75) is 101 Å². The third-order valence-corrected chi connectivity index (χ3v) is 9.90. The summed E-state index contributed by atoms with van der Waals surface area (Å²) in [6.07, 6.45) is -3.71. The molecule has 0 unspecified atom stereocenters. The fraction of sp³-hybridized carbons (Fsp3) is 0.528. The number of phosphoric ester groups is 1. The summed E-state index contributed by atoms with van der Waals surface area (Å²) in [5, 5.41) is 52.6. The highest BCUT2D eigenvalue weighted by Gasteiger charge is 2.37. The highest BCUT2D eigenvalue weighted by molar-refractivity contribution is 7.98. The number of benzene rings is 1. The van der Waals surface area contributed by atoms with Crippen LogP contribution < -0.4 is 43.0 Å². The Bertz CT molecular complexity index is 1940. The molecule has 8 atom stereocenters. The quantitative estimate of drug-likeness (QED) is 0.0256. The normalized spacial score (nSPS) is 14.8. The van der Waals surface area contributed by atoms with E-state index in [2.05, 4.69) is 36.4 Å². The van der Waals surface area contributed by atoms with Crippen LogP contribution >= 0.6 is 19.6 Å². The summed E-state index contributed by atoms with van der Waals surface area (Å²) in [5.74, 6) is -12.7. The molecule has 0 saturated heterocycles. The van der Waals surface area contributed by atoms with Gasteiger partial charge in [-0.15, -0.1) is 0 Å². The SMILES string of the molecule is CSCC[C@H](NC(=O)[C@H](CCC(=O)O)NC(=O)[C@H](CC(=O)O)NC(=O)[C@@H](N)CC(=O)O)C(=O)N[C@H](C(=O)NCC(=O)N[C@@H](Cc1ccc(O)cc1)C(=O)N[C@@H](C)C=O)[C@@H](C)OP(=O)(O)O. The van der Waals surface area contributed by atoms with Crippen molar-refractivity contribution < 1.29 is 92.0 Å². The molecule has 0 aliphatic rings. The van der Waals surface area contributed by atoms with Crippen LogP contribution in [0.2, 0.25) is 0 Å². The third-order valence-electron chi connectivity index (χ3n) is 8.64. The van der Waals surface area contributed by atoms with Crippen LogP contribution in [-0.4, -0.2) is 163 Å². The van der Waals surface area contributed by atoms with E-state index in [1.807, 2.05) is 5.32 Å². The molecule has 0 aromatic heterocycles. The molecule has 1 aromatic carbocycles. The number of aliphatic carboxylic acids is 3. The molecule has 362 valence electrons. The molecule has 27 nitrogen and oxygen atoms in total. The van der Waals surface area contributed by atoms with Crippen LogP contribution in [0.5, 0.6) is 5.75 Å². The number of phenols is 1. The van der Waals surface area contributed by atoms with Crippen LogP contribution in [0.15, 0.2) is 24.3 Å². The van der Waals surface area contributed by atoms with Crippen LogP contribution in [0.1, 0.15) is 51.5 Å². The van der Waals surface area contributed by atoms with Gasteiger partial charge in [0.25, 0.3) is 0 Å². The van der Waals surface area contributed by atoms with Crippen LogP contribution in [0.25, 0.3) is 0 Å². The van der Waals surface area contributed by atoms with E-state index < -0.39 is 148 Å². The van der Waals surface area contributed by atoms with Crippen molar-refractivity contribution in [1.82, 2.24) is 37.2 Å². The zero-order valence-electron chi connectivity index (χ0n) is 35.1. The Kier molecular flexibility index (Phi) is 24.4. The molecule has 0 aliphatic heterocycles. The maximum Gasteiger partial charge on any atom is 0.469 e. The van der Waals surface area contributed by atoms with Gasteiger partial charge in [-0.05, 0) is 56.4 Å². The second-order valence-corrected chi connectivity index (χ2v) is 16.3. The van der Waals surface area contributed by atoms with Gasteiger partial charge < -0.3 is 78.0 Å². The Morgan fingerprint density at radius 1 is 0.708 bits per heavy atom. The lowest BCUT2D eigenvalue weighted by molar-refractivity contribution is -0.142. The van der Waals surface area contributed by atoms with Crippen molar-refractivity contribution in [3.05, 3.63) is 29.8 Å². The number of carbonyl (C=O) groups excluding carboxylic acids is 8. The first-order valence-electron chi connectivity index (χ1n) is 19.2. The number of nitrogens with two attached hydrogens (primary N) is 1.